The van der Waals surface area contributed by atoms with Crippen molar-refractivity contribution in [2.75, 3.05) is 19.0 Å². The molecule has 1 heterocycles. The molecule has 0 spiro atoms. The molecule has 2 N–H and O–H groups in total. The van der Waals surface area contributed by atoms with E-state index < -0.39 is 11.9 Å². The molecule has 4 rings (SSSR count). The van der Waals surface area contributed by atoms with Crippen LogP contribution in [0, 0.1) is 0 Å². The summed E-state index contributed by atoms with van der Waals surface area (Å²) in [5.41, 5.74) is 3.17. The summed E-state index contributed by atoms with van der Waals surface area (Å²) in [7, 11) is 1.58. The standard InChI is InChI=1S/C27H24N2O6/c1-3-35-27(33)18-6-9-20(10-7-18)29-16-23(26(31)32)22-15-19(8-13-24(22)29)28-25(30)14-17-4-11-21(34-2)12-5-17/h4-13,15-16H,3,14H2,1-2H3,(H,28,30)(H,31,32). The molecule has 35 heavy (non-hydrogen) atoms. The molecule has 3 aromatic carbocycles. The van der Waals surface area contributed by atoms with Gasteiger partial charge in [0, 0.05) is 23.0 Å². The van der Waals surface area contributed by atoms with Gasteiger partial charge in [-0.1, -0.05) is 12.1 Å². The molecule has 0 atom stereocenters. The van der Waals surface area contributed by atoms with Crippen LogP contribution in [0.15, 0.2) is 72.9 Å². The molecule has 4 aromatic rings. The Bertz CT molecular complexity index is 1390. The maximum absolute atomic E-state index is 12.5. The molecule has 0 unspecified atom stereocenters. The van der Waals surface area contributed by atoms with Crippen molar-refractivity contribution in [2.24, 2.45) is 0 Å². The molecule has 1 amide bonds. The highest BCUT2D eigenvalue weighted by Crippen LogP contribution is 2.28. The van der Waals surface area contributed by atoms with Gasteiger partial charge in [-0.3, -0.25) is 4.79 Å². The Morgan fingerprint density at radius 1 is 0.971 bits per heavy atom. The average molecular weight is 472 g/mol. The van der Waals surface area contributed by atoms with Gasteiger partial charge in [-0.25, -0.2) is 9.59 Å². The van der Waals surface area contributed by atoms with Gasteiger partial charge in [-0.15, -0.1) is 0 Å². The number of nitrogens with one attached hydrogen (secondary N) is 1. The zero-order chi connectivity index (χ0) is 24.9. The quantitative estimate of drug-likeness (QED) is 0.360. The van der Waals surface area contributed by atoms with E-state index in [1.807, 2.05) is 12.1 Å². The number of fused-ring (bicyclic) bond motifs is 1. The number of amides is 1. The second kappa shape index (κ2) is 10.1. The molecule has 0 aliphatic heterocycles. The summed E-state index contributed by atoms with van der Waals surface area (Å²) in [5, 5.41) is 13.1. The van der Waals surface area contributed by atoms with Crippen molar-refractivity contribution in [3.63, 3.8) is 0 Å². The Morgan fingerprint density at radius 2 is 1.69 bits per heavy atom. The number of rotatable bonds is 8. The second-order valence-corrected chi connectivity index (χ2v) is 7.79. The van der Waals surface area contributed by atoms with Crippen LogP contribution in [-0.4, -0.2) is 41.2 Å². The normalized spacial score (nSPS) is 10.7. The number of aromatic carboxylic acids is 1. The number of hydrogen-bond acceptors (Lipinski definition) is 5. The van der Waals surface area contributed by atoms with Gasteiger partial charge in [0.25, 0.3) is 0 Å². The molecule has 0 radical (unpaired) electrons. The topological polar surface area (TPSA) is 107 Å². The Morgan fingerprint density at radius 3 is 2.31 bits per heavy atom. The molecule has 0 fully saturated rings. The highest BCUT2D eigenvalue weighted by molar-refractivity contribution is 6.06. The van der Waals surface area contributed by atoms with Gasteiger partial charge in [0.1, 0.15) is 5.75 Å². The fourth-order valence-electron chi connectivity index (χ4n) is 3.80. The predicted molar refractivity (Wildman–Crippen MR) is 132 cm³/mol. The monoisotopic (exact) mass is 472 g/mol. The van der Waals surface area contributed by atoms with Gasteiger partial charge in [0.05, 0.1) is 36.8 Å². The number of esters is 1. The maximum atomic E-state index is 12.5. The number of anilines is 1. The summed E-state index contributed by atoms with van der Waals surface area (Å²) in [6.07, 6.45) is 1.69. The fourth-order valence-corrected chi connectivity index (χ4v) is 3.80. The van der Waals surface area contributed by atoms with Crippen LogP contribution >= 0.6 is 0 Å². The highest BCUT2D eigenvalue weighted by atomic mass is 16.5. The Kier molecular flexibility index (Phi) is 6.82. The van der Waals surface area contributed by atoms with Crippen molar-refractivity contribution in [3.05, 3.63) is 89.6 Å². The van der Waals surface area contributed by atoms with E-state index >= 15 is 0 Å². The van der Waals surface area contributed by atoms with Crippen molar-refractivity contribution in [3.8, 4) is 11.4 Å². The van der Waals surface area contributed by atoms with Gasteiger partial charge in [0.15, 0.2) is 0 Å². The van der Waals surface area contributed by atoms with E-state index in [1.54, 1.807) is 73.2 Å². The highest BCUT2D eigenvalue weighted by Gasteiger charge is 2.17. The lowest BCUT2D eigenvalue weighted by Crippen LogP contribution is -2.14. The zero-order valence-corrected chi connectivity index (χ0v) is 19.3. The minimum Gasteiger partial charge on any atom is -0.497 e. The lowest BCUT2D eigenvalue weighted by Gasteiger charge is -2.09. The molecular weight excluding hydrogens is 448 g/mol. The van der Waals surface area contributed by atoms with E-state index in [0.29, 0.717) is 33.6 Å². The maximum Gasteiger partial charge on any atom is 0.338 e. The van der Waals surface area contributed by atoms with Gasteiger partial charge < -0.3 is 24.5 Å². The van der Waals surface area contributed by atoms with Crippen LogP contribution in [-0.2, 0) is 16.0 Å². The van der Waals surface area contributed by atoms with E-state index in [1.165, 1.54) is 6.20 Å². The van der Waals surface area contributed by atoms with Gasteiger partial charge in [0.2, 0.25) is 5.91 Å². The third-order valence-electron chi connectivity index (χ3n) is 5.50. The molecule has 8 heteroatoms. The smallest absolute Gasteiger partial charge is 0.338 e. The van der Waals surface area contributed by atoms with Crippen molar-refractivity contribution >= 4 is 34.4 Å². The van der Waals surface area contributed by atoms with Crippen LogP contribution in [0.5, 0.6) is 5.75 Å². The number of aromatic nitrogens is 1. The van der Waals surface area contributed by atoms with Crippen molar-refractivity contribution in [1.29, 1.82) is 0 Å². The number of hydrogen-bond donors (Lipinski definition) is 2. The number of carbonyl (C=O) groups excluding carboxylic acids is 2. The number of ether oxygens (including phenoxy) is 2. The van der Waals surface area contributed by atoms with Crippen LogP contribution in [0.1, 0.15) is 33.2 Å². The molecule has 0 aliphatic rings. The van der Waals surface area contributed by atoms with Crippen LogP contribution < -0.4 is 10.1 Å². The Labute approximate surface area is 201 Å². The van der Waals surface area contributed by atoms with E-state index in [-0.39, 0.29) is 24.5 Å². The number of methoxy groups -OCH3 is 1. The summed E-state index contributed by atoms with van der Waals surface area (Å²) in [6.45, 7) is 2.02. The molecular formula is C27H24N2O6. The van der Waals surface area contributed by atoms with Gasteiger partial charge in [-0.2, -0.15) is 0 Å². The first kappa shape index (κ1) is 23.6. The first-order chi connectivity index (χ1) is 16.9. The van der Waals surface area contributed by atoms with Crippen LogP contribution in [0.4, 0.5) is 5.69 Å². The van der Waals surface area contributed by atoms with Crippen molar-refractivity contribution in [2.45, 2.75) is 13.3 Å². The van der Waals surface area contributed by atoms with Crippen LogP contribution in [0.2, 0.25) is 0 Å². The second-order valence-electron chi connectivity index (χ2n) is 7.79. The number of carboxylic acids is 1. The van der Waals surface area contributed by atoms with Crippen molar-refractivity contribution < 1.29 is 29.0 Å². The molecule has 178 valence electrons. The number of carboxylic acid groups (broad SMARTS) is 1. The SMILES string of the molecule is CCOC(=O)c1ccc(-n2cc(C(=O)O)c3cc(NC(=O)Cc4ccc(OC)cc4)ccc32)cc1. The van der Waals surface area contributed by atoms with Crippen LogP contribution in [0.3, 0.4) is 0 Å². The molecule has 1 aromatic heterocycles. The zero-order valence-electron chi connectivity index (χ0n) is 19.3. The first-order valence-electron chi connectivity index (χ1n) is 11.0. The fraction of sp³-hybridized carbons (Fsp3) is 0.148. The molecule has 0 saturated heterocycles. The van der Waals surface area contributed by atoms with Crippen LogP contribution in [0.25, 0.3) is 16.6 Å². The minimum atomic E-state index is -1.08. The molecule has 0 bridgehead atoms. The van der Waals surface area contributed by atoms with Gasteiger partial charge >= 0.3 is 11.9 Å². The predicted octanol–water partition coefficient (Wildman–Crippen LogP) is 4.70. The Hall–Kier alpha value is -4.59. The first-order valence-corrected chi connectivity index (χ1v) is 11.0. The lowest BCUT2D eigenvalue weighted by atomic mass is 10.1. The summed E-state index contributed by atoms with van der Waals surface area (Å²) in [6, 6.07) is 19.0. The Balaban J connectivity index is 1.60. The molecule has 8 nitrogen and oxygen atoms in total. The summed E-state index contributed by atoms with van der Waals surface area (Å²) in [4.78, 5) is 36.4. The summed E-state index contributed by atoms with van der Waals surface area (Å²) >= 11 is 0. The minimum absolute atomic E-state index is 0.0979. The van der Waals surface area contributed by atoms with E-state index in [9.17, 15) is 19.5 Å². The lowest BCUT2D eigenvalue weighted by molar-refractivity contribution is -0.115. The third-order valence-corrected chi connectivity index (χ3v) is 5.50. The number of nitrogens with zero attached hydrogens (tertiary/aromatic N) is 1. The van der Waals surface area contributed by atoms with E-state index in [4.69, 9.17) is 9.47 Å². The van der Waals surface area contributed by atoms with E-state index in [0.717, 1.165) is 5.56 Å². The molecule has 0 saturated carbocycles. The number of carbonyl (C=O) groups is 3. The molecule has 0 aliphatic carbocycles. The summed E-state index contributed by atoms with van der Waals surface area (Å²) in [5.74, 6) is -1.02. The largest absolute Gasteiger partial charge is 0.497 e. The number of benzene rings is 3. The van der Waals surface area contributed by atoms with Crippen molar-refractivity contribution in [1.82, 2.24) is 4.57 Å². The van der Waals surface area contributed by atoms with E-state index in [2.05, 4.69) is 5.32 Å². The average Bonchev–Trinajstić information content (AvgIpc) is 3.24. The third kappa shape index (κ3) is 5.16. The van der Waals surface area contributed by atoms with Gasteiger partial charge in [-0.05, 0) is 67.1 Å². The summed E-state index contributed by atoms with van der Waals surface area (Å²) < 4.78 is 11.9.